The van der Waals surface area contributed by atoms with Gasteiger partial charge in [0.05, 0.1) is 19.3 Å². The summed E-state index contributed by atoms with van der Waals surface area (Å²) in [5.41, 5.74) is 0.835. The summed E-state index contributed by atoms with van der Waals surface area (Å²) in [5.74, 6) is 2.00. The van der Waals surface area contributed by atoms with Gasteiger partial charge in [-0.3, -0.25) is 4.79 Å². The van der Waals surface area contributed by atoms with Crippen LogP contribution in [0.4, 0.5) is 5.69 Å². The third-order valence-corrected chi connectivity index (χ3v) is 5.85. The van der Waals surface area contributed by atoms with Crippen LogP contribution in [0.5, 0.6) is 11.5 Å². The van der Waals surface area contributed by atoms with Crippen molar-refractivity contribution >= 4 is 17.6 Å². The zero-order valence-corrected chi connectivity index (χ0v) is 18.9. The van der Waals surface area contributed by atoms with E-state index in [1.807, 2.05) is 18.2 Å². The van der Waals surface area contributed by atoms with E-state index in [0.717, 1.165) is 49.5 Å². The first-order valence-electron chi connectivity index (χ1n) is 12.1. The molecule has 32 heavy (non-hydrogen) atoms. The summed E-state index contributed by atoms with van der Waals surface area (Å²) in [6.07, 6.45) is 10.6. The summed E-state index contributed by atoms with van der Waals surface area (Å²) < 4.78 is 17.5. The number of aliphatic imine (C=N–C) groups is 1. The van der Waals surface area contributed by atoms with Gasteiger partial charge in [0.2, 0.25) is 5.91 Å². The Morgan fingerprint density at radius 3 is 2.66 bits per heavy atom. The molecule has 1 heterocycles. The van der Waals surface area contributed by atoms with E-state index in [9.17, 15) is 4.79 Å². The van der Waals surface area contributed by atoms with Crippen molar-refractivity contribution in [3.8, 4) is 11.5 Å². The molecule has 0 atom stereocenters. The van der Waals surface area contributed by atoms with Crippen LogP contribution in [0.15, 0.2) is 23.2 Å². The van der Waals surface area contributed by atoms with Gasteiger partial charge in [0.25, 0.3) is 0 Å². The van der Waals surface area contributed by atoms with Gasteiger partial charge in [0, 0.05) is 37.4 Å². The lowest BCUT2D eigenvalue weighted by atomic mass is 9.98. The number of benzene rings is 1. The zero-order valence-electron chi connectivity index (χ0n) is 18.9. The third kappa shape index (κ3) is 7.58. The van der Waals surface area contributed by atoms with Gasteiger partial charge >= 0.3 is 0 Å². The van der Waals surface area contributed by atoms with Gasteiger partial charge in [-0.15, -0.1) is 0 Å². The quantitative estimate of drug-likeness (QED) is 0.308. The smallest absolute Gasteiger partial charge is 0.242 e. The largest absolute Gasteiger partial charge is 0.490 e. The van der Waals surface area contributed by atoms with Crippen molar-refractivity contribution in [2.24, 2.45) is 4.99 Å². The predicted octanol–water partition coefficient (Wildman–Crippen LogP) is 3.22. The molecule has 0 aromatic heterocycles. The number of amides is 1. The van der Waals surface area contributed by atoms with E-state index in [0.29, 0.717) is 37.9 Å². The Hall–Kier alpha value is -2.48. The molecular weight excluding hydrogens is 408 g/mol. The first-order chi connectivity index (χ1) is 15.8. The first kappa shape index (κ1) is 22.7. The first-order valence-corrected chi connectivity index (χ1v) is 12.1. The molecule has 3 N–H and O–H groups in total. The maximum absolute atomic E-state index is 12.1. The summed E-state index contributed by atoms with van der Waals surface area (Å²) in [6, 6.07) is 6.08. The molecule has 8 heteroatoms. The molecule has 8 nitrogen and oxygen atoms in total. The maximum atomic E-state index is 12.1. The molecule has 1 aromatic carbocycles. The van der Waals surface area contributed by atoms with Crippen LogP contribution in [0.2, 0.25) is 0 Å². The van der Waals surface area contributed by atoms with Gasteiger partial charge < -0.3 is 30.2 Å². The molecule has 0 unspecified atom stereocenters. The number of fused-ring (bicyclic) bond motifs is 1. The average molecular weight is 445 g/mol. The molecule has 4 rings (SSSR count). The number of hydrogen-bond donors (Lipinski definition) is 3. The van der Waals surface area contributed by atoms with Gasteiger partial charge in [-0.25, -0.2) is 4.99 Å². The van der Waals surface area contributed by atoms with Crippen molar-refractivity contribution in [2.75, 3.05) is 38.2 Å². The minimum absolute atomic E-state index is 0.0482. The number of carbonyl (C=O) groups excluding carboxylic acids is 1. The molecule has 2 fully saturated rings. The van der Waals surface area contributed by atoms with Crippen LogP contribution < -0.4 is 25.4 Å². The van der Waals surface area contributed by atoms with Crippen molar-refractivity contribution < 1.29 is 19.0 Å². The molecule has 0 radical (unpaired) electrons. The summed E-state index contributed by atoms with van der Waals surface area (Å²) >= 11 is 0. The fraction of sp³-hybridized carbons (Fsp3) is 0.667. The lowest BCUT2D eigenvalue weighted by Gasteiger charge is -2.22. The lowest BCUT2D eigenvalue weighted by Crippen LogP contribution is -2.34. The van der Waals surface area contributed by atoms with Gasteiger partial charge in [-0.1, -0.05) is 19.3 Å². The van der Waals surface area contributed by atoms with Crippen molar-refractivity contribution in [3.63, 3.8) is 0 Å². The van der Waals surface area contributed by atoms with Gasteiger partial charge in [-0.2, -0.15) is 0 Å². The normalized spacial score (nSPS) is 19.2. The van der Waals surface area contributed by atoms with E-state index in [1.165, 1.54) is 32.1 Å². The molecule has 1 aromatic rings. The minimum Gasteiger partial charge on any atom is -0.490 e. The average Bonchev–Trinajstić information content (AvgIpc) is 3.64. The van der Waals surface area contributed by atoms with Crippen molar-refractivity contribution in [2.45, 2.75) is 69.9 Å². The Kier molecular flexibility index (Phi) is 8.48. The van der Waals surface area contributed by atoms with Crippen LogP contribution in [0, 0.1) is 0 Å². The Balaban J connectivity index is 1.29. The molecule has 176 valence electrons. The molecule has 0 saturated heterocycles. The third-order valence-electron chi connectivity index (χ3n) is 5.85. The number of rotatable bonds is 9. The molecule has 2 aliphatic carbocycles. The van der Waals surface area contributed by atoms with Gasteiger partial charge in [-0.05, 0) is 44.2 Å². The number of nitrogens with zero attached hydrogens (tertiary/aromatic N) is 1. The van der Waals surface area contributed by atoms with Crippen molar-refractivity contribution in [1.29, 1.82) is 0 Å². The number of carbonyl (C=O) groups is 1. The highest BCUT2D eigenvalue weighted by Crippen LogP contribution is 2.32. The highest BCUT2D eigenvalue weighted by atomic mass is 16.5. The molecular formula is C24H36N4O4. The highest BCUT2D eigenvalue weighted by Gasteiger charge is 2.23. The summed E-state index contributed by atoms with van der Waals surface area (Å²) in [4.78, 5) is 16.6. The fourth-order valence-corrected chi connectivity index (χ4v) is 3.93. The second-order valence-electron chi connectivity index (χ2n) is 8.75. The Morgan fingerprint density at radius 1 is 1.03 bits per heavy atom. The van der Waals surface area contributed by atoms with Gasteiger partial charge in [0.1, 0.15) is 6.54 Å². The fourth-order valence-electron chi connectivity index (χ4n) is 3.93. The Bertz CT molecular complexity index is 775. The summed E-state index contributed by atoms with van der Waals surface area (Å²) in [6.45, 7) is 2.84. The molecule has 1 aliphatic heterocycles. The van der Waals surface area contributed by atoms with Gasteiger partial charge in [0.15, 0.2) is 17.5 Å². The van der Waals surface area contributed by atoms with Crippen LogP contribution >= 0.6 is 0 Å². The summed E-state index contributed by atoms with van der Waals surface area (Å²) in [5, 5.41) is 9.60. The molecule has 2 saturated carbocycles. The van der Waals surface area contributed by atoms with E-state index < -0.39 is 0 Å². The Labute approximate surface area is 190 Å². The molecule has 3 aliphatic rings. The number of nitrogens with one attached hydrogen (secondary N) is 3. The van der Waals surface area contributed by atoms with Crippen LogP contribution in [0.25, 0.3) is 0 Å². The number of guanidine groups is 1. The van der Waals surface area contributed by atoms with E-state index >= 15 is 0 Å². The summed E-state index contributed by atoms with van der Waals surface area (Å²) in [7, 11) is 0. The number of hydrogen-bond acceptors (Lipinski definition) is 5. The standard InChI is InChI=1S/C24H36N4O4/c29-23(27-18-8-9-18)17-26-24(25-12-4-13-30-20-6-2-1-3-7-20)28-19-10-11-21-22(16-19)32-15-5-14-31-21/h10-11,16,18,20H,1-9,12-15,17H2,(H,27,29)(H2,25,26,28). The predicted molar refractivity (Wildman–Crippen MR) is 125 cm³/mol. The van der Waals surface area contributed by atoms with Crippen LogP contribution in [0.1, 0.15) is 57.8 Å². The zero-order chi connectivity index (χ0) is 22.0. The van der Waals surface area contributed by atoms with Crippen molar-refractivity contribution in [1.82, 2.24) is 10.6 Å². The molecule has 1 amide bonds. The number of anilines is 1. The maximum Gasteiger partial charge on any atom is 0.242 e. The van der Waals surface area contributed by atoms with Crippen LogP contribution in [0.3, 0.4) is 0 Å². The molecule has 0 spiro atoms. The van der Waals surface area contributed by atoms with E-state index in [1.54, 1.807) is 0 Å². The van der Waals surface area contributed by atoms with E-state index in [2.05, 4.69) is 20.9 Å². The topological polar surface area (TPSA) is 93.2 Å². The highest BCUT2D eigenvalue weighted by molar-refractivity contribution is 5.95. The van der Waals surface area contributed by atoms with E-state index in [4.69, 9.17) is 14.2 Å². The second kappa shape index (κ2) is 11.9. The Morgan fingerprint density at radius 2 is 1.84 bits per heavy atom. The monoisotopic (exact) mass is 444 g/mol. The van der Waals surface area contributed by atoms with Crippen LogP contribution in [-0.2, 0) is 9.53 Å². The SMILES string of the molecule is O=C(CN=C(NCCCOC1CCCCC1)Nc1ccc2c(c1)OCCCO2)NC1CC1. The minimum atomic E-state index is -0.0482. The van der Waals surface area contributed by atoms with Crippen LogP contribution in [-0.4, -0.2) is 56.9 Å². The van der Waals surface area contributed by atoms with Crippen molar-refractivity contribution in [3.05, 3.63) is 18.2 Å². The number of ether oxygens (including phenoxy) is 3. The molecule has 0 bridgehead atoms. The van der Waals surface area contributed by atoms with E-state index in [-0.39, 0.29) is 12.5 Å². The lowest BCUT2D eigenvalue weighted by molar-refractivity contribution is -0.119. The second-order valence-corrected chi connectivity index (χ2v) is 8.75.